The van der Waals surface area contributed by atoms with Gasteiger partial charge in [-0.15, -0.1) is 0 Å². The highest BCUT2D eigenvalue weighted by molar-refractivity contribution is 7.46. The fraction of sp³-hybridized carbons (Fsp3) is 0.548. The second kappa shape index (κ2) is 20.7. The fourth-order valence-electron chi connectivity index (χ4n) is 4.06. The summed E-state index contributed by atoms with van der Waals surface area (Å²) in [6.45, 7) is 4.33. The second-order valence-corrected chi connectivity index (χ2v) is 11.6. The van der Waals surface area contributed by atoms with Crippen molar-refractivity contribution < 1.29 is 37.9 Å². The normalized spacial score (nSPS) is 12.3. The number of azo groups is 1. The molecule has 0 fully saturated rings. The third-order valence-corrected chi connectivity index (χ3v) is 7.03. The smallest absolute Gasteiger partial charge is 0.469 e. The Morgan fingerprint density at radius 2 is 1.30 bits per heavy atom. The second-order valence-electron chi connectivity index (χ2n) is 10.3. The number of nitrogens with zero attached hydrogens (tertiary/aromatic N) is 2. The Morgan fingerprint density at radius 3 is 1.86 bits per heavy atom. The van der Waals surface area contributed by atoms with Gasteiger partial charge in [-0.1, -0.05) is 64.7 Å². The molecule has 3 N–H and O–H groups in total. The molecule has 0 spiro atoms. The Balaban J connectivity index is 1.64. The molecular formula is C31H46N3O8P. The number of benzene rings is 2. The minimum absolute atomic E-state index is 0.109. The van der Waals surface area contributed by atoms with E-state index in [4.69, 9.17) is 19.3 Å². The Kier molecular flexibility index (Phi) is 17.4. The molecule has 0 saturated carbocycles. The maximum Gasteiger partial charge on any atom is 0.469 e. The third kappa shape index (κ3) is 16.9. The summed E-state index contributed by atoms with van der Waals surface area (Å²) in [5.41, 5.74) is 1.52. The molecule has 0 bridgehead atoms. The first kappa shape index (κ1) is 36.1. The number of hydrogen-bond acceptors (Lipinski definition) is 8. The van der Waals surface area contributed by atoms with Crippen LogP contribution in [0, 0.1) is 0 Å². The zero-order chi connectivity index (χ0) is 31.3. The summed E-state index contributed by atoms with van der Waals surface area (Å²) in [7, 11) is -4.46. The van der Waals surface area contributed by atoms with E-state index in [0.29, 0.717) is 35.7 Å². The van der Waals surface area contributed by atoms with Gasteiger partial charge in [-0.05, 0) is 61.9 Å². The van der Waals surface area contributed by atoms with E-state index in [9.17, 15) is 14.2 Å². The summed E-state index contributed by atoms with van der Waals surface area (Å²) in [5.74, 6) is -0.252. The van der Waals surface area contributed by atoms with E-state index in [1.54, 1.807) is 55.5 Å². The predicted molar refractivity (Wildman–Crippen MR) is 165 cm³/mol. The monoisotopic (exact) mass is 619 g/mol. The first-order chi connectivity index (χ1) is 20.7. The number of carbonyl (C=O) groups is 2. The van der Waals surface area contributed by atoms with Gasteiger partial charge in [0.15, 0.2) is 0 Å². The van der Waals surface area contributed by atoms with Crippen LogP contribution in [0.3, 0.4) is 0 Å². The van der Waals surface area contributed by atoms with Crippen LogP contribution in [-0.4, -0.2) is 47.5 Å². The summed E-state index contributed by atoms with van der Waals surface area (Å²) in [4.78, 5) is 42.1. The van der Waals surface area contributed by atoms with Crippen LogP contribution in [0.2, 0.25) is 0 Å². The molecule has 1 amide bonds. The van der Waals surface area contributed by atoms with Gasteiger partial charge in [0.25, 0.3) is 5.91 Å². The molecule has 2 aromatic carbocycles. The van der Waals surface area contributed by atoms with Gasteiger partial charge in [0.1, 0.15) is 11.8 Å². The van der Waals surface area contributed by atoms with Crippen molar-refractivity contribution in [2.24, 2.45) is 10.2 Å². The molecule has 0 aliphatic heterocycles. The third-order valence-electron chi connectivity index (χ3n) is 6.51. The number of nitrogens with one attached hydrogen (secondary N) is 1. The molecule has 0 radical (unpaired) electrons. The Bertz CT molecular complexity index is 1150. The van der Waals surface area contributed by atoms with Crippen molar-refractivity contribution in [3.8, 4) is 5.75 Å². The van der Waals surface area contributed by atoms with Gasteiger partial charge in [0.05, 0.1) is 31.2 Å². The number of hydrogen-bond donors (Lipinski definition) is 3. The number of carbonyl (C=O) groups excluding carboxylic acids is 2. The molecule has 11 nitrogen and oxygen atoms in total. The number of phosphoric acid groups is 1. The van der Waals surface area contributed by atoms with Gasteiger partial charge >= 0.3 is 13.8 Å². The number of rotatable bonds is 22. The first-order valence-corrected chi connectivity index (χ1v) is 16.6. The molecule has 238 valence electrons. The van der Waals surface area contributed by atoms with E-state index in [0.717, 1.165) is 19.3 Å². The molecule has 0 saturated heterocycles. The van der Waals surface area contributed by atoms with Gasteiger partial charge in [0.2, 0.25) is 0 Å². The molecule has 1 unspecified atom stereocenters. The average molecular weight is 620 g/mol. The molecule has 2 aromatic rings. The number of ether oxygens (including phenoxy) is 2. The van der Waals surface area contributed by atoms with Crippen molar-refractivity contribution in [2.75, 3.05) is 19.8 Å². The number of amides is 1. The molecule has 0 aliphatic rings. The molecule has 0 heterocycles. The topological polar surface area (TPSA) is 156 Å². The van der Waals surface area contributed by atoms with Crippen molar-refractivity contribution in [1.82, 2.24) is 5.32 Å². The Morgan fingerprint density at radius 1 is 0.767 bits per heavy atom. The van der Waals surface area contributed by atoms with Crippen LogP contribution in [0.1, 0.15) is 94.8 Å². The largest absolute Gasteiger partial charge is 0.494 e. The van der Waals surface area contributed by atoms with Crippen molar-refractivity contribution in [3.05, 3.63) is 54.1 Å². The fourth-order valence-corrected chi connectivity index (χ4v) is 4.43. The van der Waals surface area contributed by atoms with E-state index in [-0.39, 0.29) is 19.1 Å². The summed E-state index contributed by atoms with van der Waals surface area (Å²) in [6, 6.07) is 12.6. The van der Waals surface area contributed by atoms with E-state index in [2.05, 4.69) is 27.0 Å². The molecule has 2 rings (SSSR count). The minimum Gasteiger partial charge on any atom is -0.494 e. The molecular weight excluding hydrogens is 573 g/mol. The highest BCUT2D eigenvalue weighted by Crippen LogP contribution is 2.35. The van der Waals surface area contributed by atoms with Gasteiger partial charge in [0, 0.05) is 12.0 Å². The molecule has 0 aliphatic carbocycles. The van der Waals surface area contributed by atoms with Crippen molar-refractivity contribution in [3.63, 3.8) is 0 Å². The lowest BCUT2D eigenvalue weighted by Crippen LogP contribution is -2.39. The van der Waals surface area contributed by atoms with E-state index < -0.39 is 19.8 Å². The van der Waals surface area contributed by atoms with Crippen LogP contribution in [-0.2, 0) is 18.6 Å². The van der Waals surface area contributed by atoms with Crippen LogP contribution in [0.4, 0.5) is 11.4 Å². The number of esters is 1. The highest BCUT2D eigenvalue weighted by Gasteiger charge is 2.18. The van der Waals surface area contributed by atoms with Crippen LogP contribution >= 0.6 is 7.82 Å². The average Bonchev–Trinajstić information content (AvgIpc) is 2.98. The van der Waals surface area contributed by atoms with Crippen LogP contribution in [0.15, 0.2) is 58.8 Å². The maximum absolute atomic E-state index is 12.6. The van der Waals surface area contributed by atoms with Crippen LogP contribution < -0.4 is 10.1 Å². The summed E-state index contributed by atoms with van der Waals surface area (Å²) >= 11 is 0. The summed E-state index contributed by atoms with van der Waals surface area (Å²) in [5, 5.41) is 11.0. The van der Waals surface area contributed by atoms with Crippen molar-refractivity contribution >= 4 is 31.1 Å². The van der Waals surface area contributed by atoms with Crippen LogP contribution in [0.5, 0.6) is 5.75 Å². The molecule has 0 aromatic heterocycles. The van der Waals surface area contributed by atoms with Crippen molar-refractivity contribution in [2.45, 2.75) is 90.5 Å². The number of phosphoric ester groups is 1. The maximum atomic E-state index is 12.6. The first-order valence-electron chi connectivity index (χ1n) is 15.1. The highest BCUT2D eigenvalue weighted by atomic mass is 31.2. The lowest BCUT2D eigenvalue weighted by molar-refractivity contribution is -0.145. The van der Waals surface area contributed by atoms with Gasteiger partial charge in [-0.2, -0.15) is 10.2 Å². The van der Waals surface area contributed by atoms with Crippen LogP contribution in [0.25, 0.3) is 0 Å². The molecule has 43 heavy (non-hydrogen) atoms. The number of unbranched alkanes of at least 4 members (excludes halogenated alkanes) is 9. The van der Waals surface area contributed by atoms with E-state index in [1.807, 2.05) is 0 Å². The summed E-state index contributed by atoms with van der Waals surface area (Å²) < 4.78 is 25.8. The van der Waals surface area contributed by atoms with Crippen molar-refractivity contribution in [1.29, 1.82) is 0 Å². The lowest BCUT2D eigenvalue weighted by Gasteiger charge is -2.13. The zero-order valence-electron chi connectivity index (χ0n) is 25.3. The van der Waals surface area contributed by atoms with Gasteiger partial charge in [-0.3, -0.25) is 9.32 Å². The Labute approximate surface area is 254 Å². The van der Waals surface area contributed by atoms with E-state index >= 15 is 0 Å². The Hall–Kier alpha value is -3.11. The lowest BCUT2D eigenvalue weighted by atomic mass is 10.1. The molecule has 1 atom stereocenters. The quantitative estimate of drug-likeness (QED) is 0.0527. The summed E-state index contributed by atoms with van der Waals surface area (Å²) in [6.07, 6.45) is 12.4. The predicted octanol–water partition coefficient (Wildman–Crippen LogP) is 7.56. The van der Waals surface area contributed by atoms with E-state index in [1.165, 1.54) is 44.9 Å². The standard InChI is InChI=1S/C31H46N3O8P/c1-3-4-5-6-7-8-9-10-11-12-22-41-31(36)25(2)32-30(35)26-14-16-27(17-15-26)33-34-28-18-20-29(21-19-28)40-23-13-24-42-43(37,38)39/h14-21,25H,3-13,22-24H2,1-2H3,(H,32,35)(H2,37,38,39). The van der Waals surface area contributed by atoms with Gasteiger partial charge < -0.3 is 24.6 Å². The SMILES string of the molecule is CCCCCCCCCCCCOC(=O)C(C)NC(=O)c1ccc(N=Nc2ccc(OCCCOP(=O)(O)O)cc2)cc1. The van der Waals surface area contributed by atoms with Gasteiger partial charge in [-0.25, -0.2) is 9.36 Å². The minimum atomic E-state index is -4.46. The zero-order valence-corrected chi connectivity index (χ0v) is 26.2. The molecule has 12 heteroatoms.